The summed E-state index contributed by atoms with van der Waals surface area (Å²) < 4.78 is 41.1. The van der Waals surface area contributed by atoms with Crippen molar-refractivity contribution in [3.8, 4) is 5.75 Å². The summed E-state index contributed by atoms with van der Waals surface area (Å²) in [6, 6.07) is 5.40. The van der Waals surface area contributed by atoms with Crippen LogP contribution < -0.4 is 20.3 Å². The molecular formula is C20H17F3N8O2S2. The normalized spacial score (nSPS) is 16.0. The van der Waals surface area contributed by atoms with E-state index in [2.05, 4.69) is 45.4 Å². The number of halogens is 3. The molecule has 5 rings (SSSR count). The van der Waals surface area contributed by atoms with Crippen LogP contribution >= 0.6 is 22.7 Å². The lowest BCUT2D eigenvalue weighted by molar-refractivity contribution is -0.274. The van der Waals surface area contributed by atoms with Gasteiger partial charge in [-0.25, -0.2) is 9.97 Å². The highest BCUT2D eigenvalue weighted by Crippen LogP contribution is 2.30. The monoisotopic (exact) mass is 522 g/mol. The number of alkyl halides is 3. The van der Waals surface area contributed by atoms with E-state index in [4.69, 9.17) is 0 Å². The highest BCUT2D eigenvalue weighted by atomic mass is 32.1. The zero-order valence-electron chi connectivity index (χ0n) is 17.8. The Morgan fingerprint density at radius 2 is 2.00 bits per heavy atom. The number of thiazole rings is 1. The molecule has 1 fully saturated rings. The first-order valence-corrected chi connectivity index (χ1v) is 12.0. The first-order valence-electron chi connectivity index (χ1n) is 10.4. The molecule has 0 radical (unpaired) electrons. The molecule has 15 heteroatoms. The second kappa shape index (κ2) is 9.58. The van der Waals surface area contributed by atoms with Gasteiger partial charge in [0.1, 0.15) is 5.75 Å². The summed E-state index contributed by atoms with van der Waals surface area (Å²) in [5, 5.41) is 15.7. The van der Waals surface area contributed by atoms with Gasteiger partial charge in [0, 0.05) is 31.5 Å². The van der Waals surface area contributed by atoms with Crippen molar-refractivity contribution in [1.29, 1.82) is 0 Å². The number of hydrogen-bond acceptors (Lipinski definition) is 11. The molecule has 0 saturated carbocycles. The summed E-state index contributed by atoms with van der Waals surface area (Å²) in [6.07, 6.45) is -0.805. The highest BCUT2D eigenvalue weighted by molar-refractivity contribution is 7.21. The van der Waals surface area contributed by atoms with Crippen molar-refractivity contribution in [3.05, 3.63) is 42.2 Å². The lowest BCUT2D eigenvalue weighted by Gasteiger charge is -2.14. The van der Waals surface area contributed by atoms with E-state index < -0.39 is 12.3 Å². The van der Waals surface area contributed by atoms with Crippen molar-refractivity contribution in [2.45, 2.75) is 25.2 Å². The van der Waals surface area contributed by atoms with Crippen molar-refractivity contribution < 1.29 is 22.7 Å². The molecule has 1 aromatic carbocycles. The van der Waals surface area contributed by atoms with Gasteiger partial charge < -0.3 is 20.3 Å². The third-order valence-electron chi connectivity index (χ3n) is 4.99. The summed E-state index contributed by atoms with van der Waals surface area (Å²) in [4.78, 5) is 28.3. The number of aromatic nitrogens is 5. The smallest absolute Gasteiger partial charge is 0.406 e. The van der Waals surface area contributed by atoms with Crippen LogP contribution in [0.15, 0.2) is 36.7 Å². The standard InChI is InChI=1S/C20H17F3N8O2S2/c21-20(22,23)33-13-3-1-2-11(8-13)9-14(32)27-18-30-29-17(35-18)26-12-4-7-31(10-12)19-28-15-16(34-19)25-6-5-24-15/h1-3,5-6,8,12H,4,7,9-10H2,(H,26,29)(H,27,30,32)/t12-/m1/s1. The zero-order valence-corrected chi connectivity index (χ0v) is 19.5. The molecule has 1 aliphatic heterocycles. The summed E-state index contributed by atoms with van der Waals surface area (Å²) in [5.41, 5.74) is 1.01. The molecular weight excluding hydrogens is 505 g/mol. The quantitative estimate of drug-likeness (QED) is 0.374. The summed E-state index contributed by atoms with van der Waals surface area (Å²) >= 11 is 2.68. The molecule has 1 aliphatic rings. The van der Waals surface area contributed by atoms with E-state index in [0.717, 1.165) is 29.5 Å². The Kier molecular flexibility index (Phi) is 6.34. The van der Waals surface area contributed by atoms with Gasteiger partial charge in [0.25, 0.3) is 0 Å². The third-order valence-corrected chi connectivity index (χ3v) is 6.77. The van der Waals surface area contributed by atoms with Crippen LogP contribution in [-0.2, 0) is 11.2 Å². The van der Waals surface area contributed by atoms with Crippen molar-refractivity contribution in [1.82, 2.24) is 25.1 Å². The minimum absolute atomic E-state index is 0.121. The lowest BCUT2D eigenvalue weighted by Crippen LogP contribution is -2.25. The lowest BCUT2D eigenvalue weighted by atomic mass is 10.1. The first-order chi connectivity index (χ1) is 16.8. The van der Waals surface area contributed by atoms with E-state index in [1.165, 1.54) is 40.9 Å². The predicted molar refractivity (Wildman–Crippen MR) is 125 cm³/mol. The molecule has 0 aliphatic carbocycles. The number of benzene rings is 1. The second-order valence-corrected chi connectivity index (χ2v) is 9.52. The first kappa shape index (κ1) is 23.2. The van der Waals surface area contributed by atoms with Gasteiger partial charge in [0.05, 0.1) is 6.42 Å². The van der Waals surface area contributed by atoms with Crippen LogP contribution in [0.3, 0.4) is 0 Å². The maximum atomic E-state index is 12.4. The number of rotatable bonds is 7. The maximum absolute atomic E-state index is 12.4. The van der Waals surface area contributed by atoms with Gasteiger partial charge in [-0.15, -0.1) is 23.4 Å². The van der Waals surface area contributed by atoms with Crippen LogP contribution in [0.4, 0.5) is 28.6 Å². The van der Waals surface area contributed by atoms with Crippen LogP contribution in [0, 0.1) is 0 Å². The molecule has 1 atom stereocenters. The number of carbonyl (C=O) groups is 1. The molecule has 2 N–H and O–H groups in total. The van der Waals surface area contributed by atoms with Crippen LogP contribution in [-0.4, -0.2) is 56.6 Å². The Balaban J connectivity index is 1.13. The second-order valence-electron chi connectivity index (χ2n) is 7.59. The average Bonchev–Trinajstić information content (AvgIpc) is 3.52. The van der Waals surface area contributed by atoms with Crippen molar-refractivity contribution >= 4 is 54.5 Å². The number of fused-ring (bicyclic) bond motifs is 1. The number of nitrogens with zero attached hydrogens (tertiary/aromatic N) is 6. The molecule has 4 heterocycles. The van der Waals surface area contributed by atoms with Crippen molar-refractivity contribution in [2.75, 3.05) is 28.6 Å². The number of amides is 1. The van der Waals surface area contributed by atoms with Crippen LogP contribution in [0.5, 0.6) is 5.75 Å². The zero-order chi connectivity index (χ0) is 24.4. The molecule has 0 spiro atoms. The largest absolute Gasteiger partial charge is 0.573 e. The molecule has 0 bridgehead atoms. The SMILES string of the molecule is O=C(Cc1cccc(OC(F)(F)F)c1)Nc1nnc(N[C@@H]2CCN(c3nc4nccnc4s3)C2)s1. The molecule has 35 heavy (non-hydrogen) atoms. The van der Waals surface area contributed by atoms with Gasteiger partial charge in [-0.2, -0.15) is 4.98 Å². The van der Waals surface area contributed by atoms with E-state index in [1.807, 2.05) is 0 Å². The predicted octanol–water partition coefficient (Wildman–Crippen LogP) is 3.71. The number of hydrogen-bond donors (Lipinski definition) is 2. The number of ether oxygens (including phenoxy) is 1. The Bertz CT molecular complexity index is 1310. The van der Waals surface area contributed by atoms with Gasteiger partial charge in [-0.3, -0.25) is 4.79 Å². The Morgan fingerprint density at radius 3 is 2.83 bits per heavy atom. The number of nitrogens with one attached hydrogen (secondary N) is 2. The fraction of sp³-hybridized carbons (Fsp3) is 0.300. The topological polar surface area (TPSA) is 118 Å². The maximum Gasteiger partial charge on any atom is 0.573 e. The number of carbonyl (C=O) groups excluding carboxylic acids is 1. The van der Waals surface area contributed by atoms with E-state index in [0.29, 0.717) is 21.5 Å². The van der Waals surface area contributed by atoms with Crippen molar-refractivity contribution in [2.24, 2.45) is 0 Å². The van der Waals surface area contributed by atoms with Crippen molar-refractivity contribution in [3.63, 3.8) is 0 Å². The van der Waals surface area contributed by atoms with E-state index in [1.54, 1.807) is 18.5 Å². The van der Waals surface area contributed by atoms with E-state index >= 15 is 0 Å². The van der Waals surface area contributed by atoms with Gasteiger partial charge in [-0.1, -0.05) is 34.8 Å². The van der Waals surface area contributed by atoms with Gasteiger partial charge in [-0.05, 0) is 24.1 Å². The molecule has 3 aromatic heterocycles. The molecule has 1 amide bonds. The highest BCUT2D eigenvalue weighted by Gasteiger charge is 2.31. The molecule has 1 saturated heterocycles. The summed E-state index contributed by atoms with van der Waals surface area (Å²) in [5.74, 6) is -0.809. The van der Waals surface area contributed by atoms with Crippen LogP contribution in [0.25, 0.3) is 10.5 Å². The third kappa shape index (κ3) is 5.92. The fourth-order valence-corrected chi connectivity index (χ4v) is 5.20. The summed E-state index contributed by atoms with van der Waals surface area (Å²) in [7, 11) is 0. The van der Waals surface area contributed by atoms with Crippen LogP contribution in [0.1, 0.15) is 12.0 Å². The Morgan fingerprint density at radius 1 is 1.17 bits per heavy atom. The van der Waals surface area contributed by atoms with E-state index in [9.17, 15) is 18.0 Å². The minimum Gasteiger partial charge on any atom is -0.406 e. The van der Waals surface area contributed by atoms with Gasteiger partial charge >= 0.3 is 6.36 Å². The van der Waals surface area contributed by atoms with E-state index in [-0.39, 0.29) is 18.2 Å². The molecule has 10 nitrogen and oxygen atoms in total. The number of anilines is 3. The Labute approximate surface area is 204 Å². The summed E-state index contributed by atoms with van der Waals surface area (Å²) in [6.45, 7) is 1.54. The fourth-order valence-electron chi connectivity index (χ4n) is 3.56. The van der Waals surface area contributed by atoms with Gasteiger partial charge in [0.15, 0.2) is 15.6 Å². The molecule has 0 unspecified atom stereocenters. The Hall–Kier alpha value is -3.59. The van der Waals surface area contributed by atoms with Crippen LogP contribution in [0.2, 0.25) is 0 Å². The molecule has 182 valence electrons. The average molecular weight is 523 g/mol. The molecule has 4 aromatic rings. The minimum atomic E-state index is -4.80. The van der Waals surface area contributed by atoms with Gasteiger partial charge in [0.2, 0.25) is 16.2 Å².